The second-order valence-electron chi connectivity index (χ2n) is 7.70. The van der Waals surface area contributed by atoms with E-state index in [0.717, 1.165) is 12.8 Å². The average Bonchev–Trinajstić information content (AvgIpc) is 3.25. The van der Waals surface area contributed by atoms with Crippen molar-refractivity contribution >= 4 is 23.1 Å². The number of hydrogen-bond acceptors (Lipinski definition) is 6. The van der Waals surface area contributed by atoms with E-state index in [0.29, 0.717) is 54.6 Å². The third-order valence-electron chi connectivity index (χ3n) is 5.74. The van der Waals surface area contributed by atoms with Gasteiger partial charge in [-0.05, 0) is 44.9 Å². The molecule has 1 atom stereocenters. The molecular formula is C22H27N7O2. The number of pyridine rings is 2. The molecule has 9 heteroatoms. The molecule has 2 amide bonds. The van der Waals surface area contributed by atoms with Crippen LogP contribution < -0.4 is 5.73 Å². The summed E-state index contributed by atoms with van der Waals surface area (Å²) in [4.78, 5) is 38.3. The van der Waals surface area contributed by atoms with Crippen molar-refractivity contribution in [2.75, 3.05) is 31.9 Å². The highest BCUT2D eigenvalue weighted by molar-refractivity contribution is 5.96. The number of carbonyl (C=O) groups excluding carboxylic acids is 2. The number of nitrogens with two attached hydrogens (primary N) is 1. The molecule has 1 aliphatic rings. The number of likely N-dealkylation sites (tertiary alicyclic amines) is 1. The standard InChI is InChI=1S/C22H27N7O2/c1-3-27(4-2)21(30)15-8-7-11-28(13-15)22(31)16-12-17(23)20-25-19(26-29(20)14-16)18-9-5-6-10-24-18/h5-6,9-10,12,14-15H,3-4,7-8,11,13,23H2,1-2H3. The largest absolute Gasteiger partial charge is 0.396 e. The molecule has 31 heavy (non-hydrogen) atoms. The fraction of sp³-hybridized carbons (Fsp3) is 0.409. The number of carbonyl (C=O) groups is 2. The zero-order valence-corrected chi connectivity index (χ0v) is 17.9. The zero-order valence-electron chi connectivity index (χ0n) is 17.9. The van der Waals surface area contributed by atoms with E-state index in [-0.39, 0.29) is 17.7 Å². The maximum atomic E-state index is 13.2. The summed E-state index contributed by atoms with van der Waals surface area (Å²) in [6, 6.07) is 7.13. The number of fused-ring (bicyclic) bond motifs is 1. The van der Waals surface area contributed by atoms with E-state index in [2.05, 4.69) is 15.1 Å². The van der Waals surface area contributed by atoms with Crippen LogP contribution >= 0.6 is 0 Å². The molecule has 1 fully saturated rings. The Balaban J connectivity index is 1.58. The van der Waals surface area contributed by atoms with Crippen LogP contribution in [0.15, 0.2) is 36.7 Å². The number of rotatable bonds is 5. The van der Waals surface area contributed by atoms with Gasteiger partial charge in [-0.15, -0.1) is 5.10 Å². The van der Waals surface area contributed by atoms with E-state index in [1.807, 2.05) is 36.9 Å². The van der Waals surface area contributed by atoms with E-state index < -0.39 is 0 Å². The normalized spacial score (nSPS) is 16.5. The van der Waals surface area contributed by atoms with Crippen molar-refractivity contribution in [2.45, 2.75) is 26.7 Å². The highest BCUT2D eigenvalue weighted by Crippen LogP contribution is 2.23. The lowest BCUT2D eigenvalue weighted by atomic mass is 9.96. The summed E-state index contributed by atoms with van der Waals surface area (Å²) in [6.45, 7) is 6.35. The molecule has 4 rings (SSSR count). The van der Waals surface area contributed by atoms with E-state index in [1.165, 1.54) is 4.52 Å². The second-order valence-corrected chi connectivity index (χ2v) is 7.70. The molecule has 9 nitrogen and oxygen atoms in total. The molecule has 0 aliphatic carbocycles. The Bertz CT molecular complexity index is 1090. The summed E-state index contributed by atoms with van der Waals surface area (Å²) in [5.74, 6) is 0.245. The maximum absolute atomic E-state index is 13.2. The van der Waals surface area contributed by atoms with E-state index in [1.54, 1.807) is 23.4 Å². The van der Waals surface area contributed by atoms with Crippen LogP contribution in [0, 0.1) is 5.92 Å². The summed E-state index contributed by atoms with van der Waals surface area (Å²) < 4.78 is 1.52. The average molecular weight is 422 g/mol. The van der Waals surface area contributed by atoms with Crippen LogP contribution in [0.25, 0.3) is 17.2 Å². The minimum atomic E-state index is -0.166. The molecule has 0 aromatic carbocycles. The molecule has 0 radical (unpaired) electrons. The number of nitrogens with zero attached hydrogens (tertiary/aromatic N) is 6. The highest BCUT2D eigenvalue weighted by atomic mass is 16.2. The SMILES string of the molecule is CCN(CC)C(=O)C1CCCN(C(=O)c2cc(N)c3nc(-c4ccccn4)nn3c2)C1. The van der Waals surface area contributed by atoms with Crippen molar-refractivity contribution in [3.63, 3.8) is 0 Å². The first-order valence-electron chi connectivity index (χ1n) is 10.7. The summed E-state index contributed by atoms with van der Waals surface area (Å²) >= 11 is 0. The number of nitrogen functional groups attached to an aromatic ring is 1. The topological polar surface area (TPSA) is 110 Å². The quantitative estimate of drug-likeness (QED) is 0.676. The van der Waals surface area contributed by atoms with Gasteiger partial charge in [0.15, 0.2) is 5.65 Å². The van der Waals surface area contributed by atoms with Gasteiger partial charge in [0, 0.05) is 38.6 Å². The lowest BCUT2D eigenvalue weighted by Gasteiger charge is -2.34. The zero-order chi connectivity index (χ0) is 22.0. The van der Waals surface area contributed by atoms with Crippen LogP contribution in [0.1, 0.15) is 37.0 Å². The number of piperidine rings is 1. The van der Waals surface area contributed by atoms with Crippen molar-refractivity contribution in [1.29, 1.82) is 0 Å². The van der Waals surface area contributed by atoms with Gasteiger partial charge in [-0.1, -0.05) is 6.07 Å². The molecule has 162 valence electrons. The monoisotopic (exact) mass is 421 g/mol. The number of hydrogen-bond donors (Lipinski definition) is 1. The van der Waals surface area contributed by atoms with Crippen molar-refractivity contribution in [3.05, 3.63) is 42.2 Å². The molecule has 0 spiro atoms. The number of amides is 2. The summed E-state index contributed by atoms with van der Waals surface area (Å²) in [6.07, 6.45) is 4.92. The summed E-state index contributed by atoms with van der Waals surface area (Å²) in [5, 5.41) is 4.45. The molecule has 3 aromatic rings. The van der Waals surface area contributed by atoms with Gasteiger partial charge >= 0.3 is 0 Å². The predicted molar refractivity (Wildman–Crippen MR) is 117 cm³/mol. The molecule has 1 aliphatic heterocycles. The first-order valence-corrected chi connectivity index (χ1v) is 10.7. The second kappa shape index (κ2) is 8.71. The third kappa shape index (κ3) is 4.08. The molecule has 4 heterocycles. The molecular weight excluding hydrogens is 394 g/mol. The Kier molecular flexibility index (Phi) is 5.83. The van der Waals surface area contributed by atoms with Gasteiger partial charge in [-0.3, -0.25) is 14.6 Å². The Hall–Kier alpha value is -3.49. The van der Waals surface area contributed by atoms with Crippen molar-refractivity contribution in [1.82, 2.24) is 29.4 Å². The molecule has 1 saturated heterocycles. The predicted octanol–water partition coefficient (Wildman–Crippen LogP) is 2.09. The lowest BCUT2D eigenvalue weighted by molar-refractivity contribution is -0.136. The van der Waals surface area contributed by atoms with Gasteiger partial charge in [0.25, 0.3) is 5.91 Å². The van der Waals surface area contributed by atoms with Crippen LogP contribution in [0.2, 0.25) is 0 Å². The highest BCUT2D eigenvalue weighted by Gasteiger charge is 2.31. The fourth-order valence-corrected chi connectivity index (χ4v) is 4.07. The first-order chi connectivity index (χ1) is 15.0. The Labute approximate surface area is 180 Å². The Morgan fingerprint density at radius 1 is 1.26 bits per heavy atom. The van der Waals surface area contributed by atoms with Crippen molar-refractivity contribution < 1.29 is 9.59 Å². The Morgan fingerprint density at radius 3 is 2.77 bits per heavy atom. The van der Waals surface area contributed by atoms with Gasteiger partial charge in [-0.2, -0.15) is 0 Å². The minimum absolute atomic E-state index is 0.119. The van der Waals surface area contributed by atoms with Crippen molar-refractivity contribution in [2.24, 2.45) is 5.92 Å². The van der Waals surface area contributed by atoms with E-state index in [4.69, 9.17) is 5.73 Å². The summed E-state index contributed by atoms with van der Waals surface area (Å²) in [7, 11) is 0. The number of anilines is 1. The summed E-state index contributed by atoms with van der Waals surface area (Å²) in [5.41, 5.74) is 8.10. The third-order valence-corrected chi connectivity index (χ3v) is 5.74. The van der Waals surface area contributed by atoms with E-state index in [9.17, 15) is 9.59 Å². The van der Waals surface area contributed by atoms with Gasteiger partial charge in [0.1, 0.15) is 5.69 Å². The van der Waals surface area contributed by atoms with Gasteiger partial charge < -0.3 is 15.5 Å². The lowest BCUT2D eigenvalue weighted by Crippen LogP contribution is -2.46. The number of aromatic nitrogens is 4. The molecule has 1 unspecified atom stereocenters. The fourth-order valence-electron chi connectivity index (χ4n) is 4.07. The maximum Gasteiger partial charge on any atom is 0.255 e. The first kappa shape index (κ1) is 20.8. The Morgan fingerprint density at radius 2 is 2.06 bits per heavy atom. The minimum Gasteiger partial charge on any atom is -0.396 e. The van der Waals surface area contributed by atoms with Gasteiger partial charge in [0.05, 0.1) is 17.2 Å². The van der Waals surface area contributed by atoms with Crippen molar-refractivity contribution in [3.8, 4) is 11.5 Å². The van der Waals surface area contributed by atoms with Crippen LogP contribution in [-0.2, 0) is 4.79 Å². The van der Waals surface area contributed by atoms with Gasteiger partial charge in [0.2, 0.25) is 11.7 Å². The smallest absolute Gasteiger partial charge is 0.255 e. The van der Waals surface area contributed by atoms with Crippen LogP contribution in [0.4, 0.5) is 5.69 Å². The molecule has 0 saturated carbocycles. The van der Waals surface area contributed by atoms with Gasteiger partial charge in [-0.25, -0.2) is 9.50 Å². The van der Waals surface area contributed by atoms with E-state index >= 15 is 0 Å². The molecule has 2 N–H and O–H groups in total. The van der Waals surface area contributed by atoms with Crippen LogP contribution in [-0.4, -0.2) is 67.4 Å². The van der Waals surface area contributed by atoms with Crippen LogP contribution in [0.5, 0.6) is 0 Å². The molecule has 0 bridgehead atoms. The van der Waals surface area contributed by atoms with Crippen LogP contribution in [0.3, 0.4) is 0 Å². The molecule has 3 aromatic heterocycles.